The van der Waals surface area contributed by atoms with Gasteiger partial charge in [0.25, 0.3) is 0 Å². The zero-order chi connectivity index (χ0) is 14.6. The summed E-state index contributed by atoms with van der Waals surface area (Å²) in [5.41, 5.74) is 2.15. The number of hydrogen-bond donors (Lipinski definition) is 0. The van der Waals surface area contributed by atoms with Crippen LogP contribution in [-0.2, 0) is 11.5 Å². The van der Waals surface area contributed by atoms with Gasteiger partial charge in [0, 0.05) is 32.6 Å². The Labute approximate surface area is 134 Å². The number of rotatable bonds is 6. The second-order valence-corrected chi connectivity index (χ2v) is 12.7. The van der Waals surface area contributed by atoms with E-state index in [2.05, 4.69) is 52.3 Å². The molecule has 0 aliphatic rings. The van der Waals surface area contributed by atoms with Crippen molar-refractivity contribution >= 4 is 30.7 Å². The highest BCUT2D eigenvalue weighted by Crippen LogP contribution is 2.24. The van der Waals surface area contributed by atoms with Gasteiger partial charge in [0.1, 0.15) is 6.73 Å². The van der Waals surface area contributed by atoms with E-state index in [0.717, 1.165) is 21.4 Å². The zero-order valence-electron chi connectivity index (χ0n) is 12.1. The van der Waals surface area contributed by atoms with E-state index in [9.17, 15) is 0 Å². The number of halogens is 1. The molecular formula is C14H20IN3OSi. The smallest absolute Gasteiger partial charge is 0.140 e. The third-order valence-corrected chi connectivity index (χ3v) is 5.43. The second-order valence-electron chi connectivity index (χ2n) is 5.93. The van der Waals surface area contributed by atoms with Crippen LogP contribution < -0.4 is 0 Å². The van der Waals surface area contributed by atoms with E-state index >= 15 is 0 Å². The molecule has 0 spiro atoms. The molecule has 0 aliphatic carbocycles. The highest BCUT2D eigenvalue weighted by molar-refractivity contribution is 14.1. The first-order valence-electron chi connectivity index (χ1n) is 6.67. The zero-order valence-corrected chi connectivity index (χ0v) is 15.3. The van der Waals surface area contributed by atoms with Gasteiger partial charge in [-0.3, -0.25) is 4.98 Å². The number of pyridine rings is 1. The summed E-state index contributed by atoms with van der Waals surface area (Å²) >= 11 is 2.30. The highest BCUT2D eigenvalue weighted by atomic mass is 127. The molecule has 0 fully saturated rings. The molecule has 0 aromatic carbocycles. The molecule has 2 rings (SSSR count). The SMILES string of the molecule is C[Si](C)(C)CCOCn1ncc(I)c1-c1cccnc1. The van der Waals surface area contributed by atoms with Crippen molar-refractivity contribution in [3.8, 4) is 11.3 Å². The first-order chi connectivity index (χ1) is 9.47. The van der Waals surface area contributed by atoms with Crippen LogP contribution in [0.2, 0.25) is 25.7 Å². The van der Waals surface area contributed by atoms with Crippen LogP contribution >= 0.6 is 22.6 Å². The standard InChI is InChI=1S/C14H20IN3OSi/c1-20(2,3)8-7-19-11-18-14(13(15)10-17-18)12-5-4-6-16-9-12/h4-6,9-10H,7-8,11H2,1-3H3. The van der Waals surface area contributed by atoms with Gasteiger partial charge in [-0.25, -0.2) is 4.68 Å². The Morgan fingerprint density at radius 1 is 1.30 bits per heavy atom. The average Bonchev–Trinajstić information content (AvgIpc) is 2.76. The molecule has 0 bridgehead atoms. The lowest BCUT2D eigenvalue weighted by Gasteiger charge is -2.16. The molecule has 0 aliphatic heterocycles. The topological polar surface area (TPSA) is 39.9 Å². The van der Waals surface area contributed by atoms with Crippen molar-refractivity contribution in [3.63, 3.8) is 0 Å². The molecule has 4 nitrogen and oxygen atoms in total. The van der Waals surface area contributed by atoms with E-state index in [1.54, 1.807) is 6.20 Å². The molecule has 108 valence electrons. The predicted octanol–water partition coefficient (Wildman–Crippen LogP) is 3.86. The normalized spacial score (nSPS) is 11.8. The summed E-state index contributed by atoms with van der Waals surface area (Å²) in [4.78, 5) is 4.17. The summed E-state index contributed by atoms with van der Waals surface area (Å²) in [5.74, 6) is 0. The molecule has 6 heteroatoms. The summed E-state index contributed by atoms with van der Waals surface area (Å²) < 4.78 is 8.80. The highest BCUT2D eigenvalue weighted by Gasteiger charge is 2.14. The van der Waals surface area contributed by atoms with Gasteiger partial charge in [-0.2, -0.15) is 5.10 Å². The summed E-state index contributed by atoms with van der Waals surface area (Å²) in [7, 11) is -1.03. The Morgan fingerprint density at radius 2 is 2.10 bits per heavy atom. The van der Waals surface area contributed by atoms with Crippen LogP contribution in [-0.4, -0.2) is 29.4 Å². The quantitative estimate of drug-likeness (QED) is 0.419. The van der Waals surface area contributed by atoms with E-state index in [0.29, 0.717) is 6.73 Å². The van der Waals surface area contributed by atoms with Crippen LogP contribution in [0.1, 0.15) is 0 Å². The maximum absolute atomic E-state index is 5.78. The molecule has 0 saturated carbocycles. The minimum atomic E-state index is -1.03. The molecule has 2 heterocycles. The maximum Gasteiger partial charge on any atom is 0.140 e. The van der Waals surface area contributed by atoms with E-state index in [4.69, 9.17) is 4.74 Å². The van der Waals surface area contributed by atoms with Gasteiger partial charge in [-0.15, -0.1) is 0 Å². The van der Waals surface area contributed by atoms with Crippen molar-refractivity contribution in [1.29, 1.82) is 0 Å². The number of ether oxygens (including phenoxy) is 1. The van der Waals surface area contributed by atoms with Crippen molar-refractivity contribution in [1.82, 2.24) is 14.8 Å². The number of nitrogens with zero attached hydrogens (tertiary/aromatic N) is 3. The van der Waals surface area contributed by atoms with Crippen molar-refractivity contribution in [3.05, 3.63) is 34.3 Å². The van der Waals surface area contributed by atoms with Crippen LogP contribution in [0.3, 0.4) is 0 Å². The van der Waals surface area contributed by atoms with Crippen LogP contribution in [0.4, 0.5) is 0 Å². The molecule has 0 radical (unpaired) electrons. The third kappa shape index (κ3) is 4.39. The molecule has 0 atom stereocenters. The van der Waals surface area contributed by atoms with Crippen molar-refractivity contribution in [2.24, 2.45) is 0 Å². The summed E-state index contributed by atoms with van der Waals surface area (Å²) in [6, 6.07) is 5.16. The van der Waals surface area contributed by atoms with Crippen molar-refractivity contribution < 1.29 is 4.74 Å². The van der Waals surface area contributed by atoms with Gasteiger partial charge in [0.05, 0.1) is 15.5 Å². The molecular weight excluding hydrogens is 381 g/mol. The fourth-order valence-corrected chi connectivity index (χ4v) is 3.25. The lowest BCUT2D eigenvalue weighted by atomic mass is 10.2. The lowest BCUT2D eigenvalue weighted by Crippen LogP contribution is -2.22. The molecule has 0 unspecified atom stereocenters. The number of aromatic nitrogens is 3. The minimum Gasteiger partial charge on any atom is -0.360 e. The number of hydrogen-bond acceptors (Lipinski definition) is 3. The van der Waals surface area contributed by atoms with Crippen LogP contribution in [0, 0.1) is 3.57 Å². The van der Waals surface area contributed by atoms with Gasteiger partial charge in [0.15, 0.2) is 0 Å². The monoisotopic (exact) mass is 401 g/mol. The molecule has 2 aromatic rings. The van der Waals surface area contributed by atoms with Gasteiger partial charge in [0.2, 0.25) is 0 Å². The second kappa shape index (κ2) is 6.82. The Hall–Kier alpha value is -0.733. The molecule has 0 N–H and O–H groups in total. The third-order valence-electron chi connectivity index (χ3n) is 2.94. The van der Waals surface area contributed by atoms with E-state index < -0.39 is 8.07 Å². The summed E-state index contributed by atoms with van der Waals surface area (Å²) in [6.07, 6.45) is 5.50. The van der Waals surface area contributed by atoms with Gasteiger partial charge >= 0.3 is 0 Å². The fraction of sp³-hybridized carbons (Fsp3) is 0.429. The van der Waals surface area contributed by atoms with Gasteiger partial charge < -0.3 is 4.74 Å². The predicted molar refractivity (Wildman–Crippen MR) is 92.3 cm³/mol. The lowest BCUT2D eigenvalue weighted by molar-refractivity contribution is 0.0797. The minimum absolute atomic E-state index is 0.498. The van der Waals surface area contributed by atoms with E-state index in [1.807, 2.05) is 29.2 Å². The van der Waals surface area contributed by atoms with Crippen LogP contribution in [0.15, 0.2) is 30.7 Å². The molecule has 0 amide bonds. The molecule has 20 heavy (non-hydrogen) atoms. The van der Waals surface area contributed by atoms with Crippen LogP contribution in [0.25, 0.3) is 11.3 Å². The van der Waals surface area contributed by atoms with Gasteiger partial charge in [-0.05, 0) is 40.8 Å². The van der Waals surface area contributed by atoms with E-state index in [-0.39, 0.29) is 0 Å². The van der Waals surface area contributed by atoms with Crippen molar-refractivity contribution in [2.75, 3.05) is 6.61 Å². The maximum atomic E-state index is 5.78. The summed E-state index contributed by atoms with van der Waals surface area (Å²) in [6.45, 7) is 8.37. The fourth-order valence-electron chi connectivity index (χ4n) is 1.78. The Kier molecular flexibility index (Phi) is 5.33. The first-order valence-corrected chi connectivity index (χ1v) is 11.5. The molecule has 0 saturated heterocycles. The average molecular weight is 401 g/mol. The van der Waals surface area contributed by atoms with Crippen molar-refractivity contribution in [2.45, 2.75) is 32.4 Å². The Morgan fingerprint density at radius 3 is 2.75 bits per heavy atom. The summed E-state index contributed by atoms with van der Waals surface area (Å²) in [5, 5.41) is 4.39. The molecule has 2 aromatic heterocycles. The Bertz CT molecular complexity index is 551. The van der Waals surface area contributed by atoms with Gasteiger partial charge in [-0.1, -0.05) is 19.6 Å². The van der Waals surface area contributed by atoms with Crippen LogP contribution in [0.5, 0.6) is 0 Å². The Balaban J connectivity index is 2.03. The largest absolute Gasteiger partial charge is 0.360 e. The first kappa shape index (κ1) is 15.7. The van der Waals surface area contributed by atoms with E-state index in [1.165, 1.54) is 6.04 Å².